The molecule has 0 atom stereocenters. The molecule has 3 N–H and O–H groups in total. The summed E-state index contributed by atoms with van der Waals surface area (Å²) < 4.78 is 0. The summed E-state index contributed by atoms with van der Waals surface area (Å²) in [4.78, 5) is 11.6. The molecule has 0 unspecified atom stereocenters. The standard InChI is InChI=1S/C15H17N3O2S/c1-10-3-6-15(11(2)7-10)21-9-12-4-5-14(18(19)20)13(8-12)17-16/h3-8,17H,9,16H2,1-2H3. The van der Waals surface area contributed by atoms with Gasteiger partial charge in [0.05, 0.1) is 4.92 Å². The van der Waals surface area contributed by atoms with Crippen molar-refractivity contribution in [2.75, 3.05) is 5.43 Å². The molecule has 21 heavy (non-hydrogen) atoms. The first kappa shape index (κ1) is 15.3. The molecular formula is C15H17N3O2S. The van der Waals surface area contributed by atoms with Gasteiger partial charge in [0.25, 0.3) is 5.69 Å². The van der Waals surface area contributed by atoms with E-state index in [9.17, 15) is 10.1 Å². The van der Waals surface area contributed by atoms with Crippen molar-refractivity contribution in [1.82, 2.24) is 0 Å². The fourth-order valence-corrected chi connectivity index (χ4v) is 3.02. The zero-order chi connectivity index (χ0) is 15.4. The van der Waals surface area contributed by atoms with Crippen LogP contribution >= 0.6 is 11.8 Å². The first-order valence-corrected chi connectivity index (χ1v) is 7.44. The monoisotopic (exact) mass is 303 g/mol. The van der Waals surface area contributed by atoms with E-state index >= 15 is 0 Å². The smallest absolute Gasteiger partial charge is 0.293 e. The van der Waals surface area contributed by atoms with Gasteiger partial charge in [-0.2, -0.15) is 0 Å². The maximum absolute atomic E-state index is 10.9. The van der Waals surface area contributed by atoms with E-state index < -0.39 is 4.92 Å². The van der Waals surface area contributed by atoms with Crippen molar-refractivity contribution in [3.63, 3.8) is 0 Å². The molecule has 2 aromatic carbocycles. The van der Waals surface area contributed by atoms with Gasteiger partial charge < -0.3 is 5.43 Å². The molecule has 0 aliphatic rings. The molecule has 0 bridgehead atoms. The number of benzene rings is 2. The Morgan fingerprint density at radius 2 is 2.00 bits per heavy atom. The summed E-state index contributed by atoms with van der Waals surface area (Å²) >= 11 is 1.70. The van der Waals surface area contributed by atoms with Crippen molar-refractivity contribution in [1.29, 1.82) is 0 Å². The van der Waals surface area contributed by atoms with Gasteiger partial charge in [-0.15, -0.1) is 11.8 Å². The average molecular weight is 303 g/mol. The molecule has 0 radical (unpaired) electrons. The van der Waals surface area contributed by atoms with Crippen molar-refractivity contribution < 1.29 is 4.92 Å². The van der Waals surface area contributed by atoms with Crippen LogP contribution in [-0.2, 0) is 5.75 Å². The number of aryl methyl sites for hydroxylation is 2. The van der Waals surface area contributed by atoms with Gasteiger partial charge in [0.15, 0.2) is 0 Å². The summed E-state index contributed by atoms with van der Waals surface area (Å²) in [5.74, 6) is 6.08. The third kappa shape index (κ3) is 3.74. The Kier molecular flexibility index (Phi) is 4.82. The Labute approximate surface area is 127 Å². The van der Waals surface area contributed by atoms with Crippen LogP contribution in [0.25, 0.3) is 0 Å². The maximum atomic E-state index is 10.9. The van der Waals surface area contributed by atoms with Crippen molar-refractivity contribution in [2.24, 2.45) is 5.84 Å². The van der Waals surface area contributed by atoms with Crippen LogP contribution in [-0.4, -0.2) is 4.92 Å². The third-order valence-electron chi connectivity index (χ3n) is 3.14. The summed E-state index contributed by atoms with van der Waals surface area (Å²) in [6.45, 7) is 4.15. The van der Waals surface area contributed by atoms with Gasteiger partial charge in [-0.25, -0.2) is 0 Å². The molecule has 0 saturated heterocycles. The van der Waals surface area contributed by atoms with E-state index in [0.29, 0.717) is 5.69 Å². The normalized spacial score (nSPS) is 10.4. The fraction of sp³-hybridized carbons (Fsp3) is 0.200. The van der Waals surface area contributed by atoms with E-state index in [1.165, 1.54) is 22.1 Å². The number of nitrogens with zero attached hydrogens (tertiary/aromatic N) is 1. The van der Waals surface area contributed by atoms with Crippen molar-refractivity contribution in [3.8, 4) is 0 Å². The largest absolute Gasteiger partial charge is 0.318 e. The summed E-state index contributed by atoms with van der Waals surface area (Å²) in [6.07, 6.45) is 0. The Morgan fingerprint density at radius 3 is 2.62 bits per heavy atom. The number of rotatable bonds is 5. The highest BCUT2D eigenvalue weighted by Gasteiger charge is 2.13. The first-order chi connectivity index (χ1) is 10.0. The number of thioether (sulfide) groups is 1. The lowest BCUT2D eigenvalue weighted by Crippen LogP contribution is -2.09. The predicted molar refractivity (Wildman–Crippen MR) is 86.4 cm³/mol. The van der Waals surface area contributed by atoms with Crippen LogP contribution in [0.15, 0.2) is 41.3 Å². The molecule has 5 nitrogen and oxygen atoms in total. The SMILES string of the molecule is Cc1ccc(SCc2ccc([N+](=O)[O-])c(NN)c2)c(C)c1. The second-order valence-corrected chi connectivity index (χ2v) is 5.83. The number of hydrazine groups is 1. The second-order valence-electron chi connectivity index (χ2n) is 4.81. The van der Waals surface area contributed by atoms with E-state index in [-0.39, 0.29) is 5.69 Å². The van der Waals surface area contributed by atoms with Gasteiger partial charge >= 0.3 is 0 Å². The van der Waals surface area contributed by atoms with Gasteiger partial charge in [0.1, 0.15) is 5.69 Å². The number of nitrogens with two attached hydrogens (primary N) is 1. The first-order valence-electron chi connectivity index (χ1n) is 6.45. The Hall–Kier alpha value is -2.05. The number of hydrogen-bond acceptors (Lipinski definition) is 5. The number of nitrogen functional groups attached to an aromatic ring is 1. The summed E-state index contributed by atoms with van der Waals surface area (Å²) in [5.41, 5.74) is 6.16. The topological polar surface area (TPSA) is 81.2 Å². The minimum absolute atomic E-state index is 0.0160. The molecule has 6 heteroatoms. The van der Waals surface area contributed by atoms with Crippen LogP contribution in [0, 0.1) is 24.0 Å². The number of nitro groups is 1. The number of hydrogen-bond donors (Lipinski definition) is 2. The quantitative estimate of drug-likeness (QED) is 0.380. The van der Waals surface area contributed by atoms with Crippen molar-refractivity contribution in [2.45, 2.75) is 24.5 Å². The lowest BCUT2D eigenvalue weighted by atomic mass is 10.2. The lowest BCUT2D eigenvalue weighted by molar-refractivity contribution is -0.384. The molecule has 0 aromatic heterocycles. The van der Waals surface area contributed by atoms with E-state index in [2.05, 4.69) is 37.5 Å². The highest BCUT2D eigenvalue weighted by molar-refractivity contribution is 7.98. The van der Waals surface area contributed by atoms with Gasteiger partial charge in [-0.05, 0) is 37.1 Å². The summed E-state index contributed by atoms with van der Waals surface area (Å²) in [7, 11) is 0. The van der Waals surface area contributed by atoms with Gasteiger partial charge in [0.2, 0.25) is 0 Å². The molecule has 0 amide bonds. The second kappa shape index (κ2) is 6.60. The average Bonchev–Trinajstić information content (AvgIpc) is 2.45. The fourth-order valence-electron chi connectivity index (χ4n) is 2.07. The van der Waals surface area contributed by atoms with Crippen LogP contribution in [0.2, 0.25) is 0 Å². The Bertz CT molecular complexity index is 674. The molecule has 2 rings (SSSR count). The highest BCUT2D eigenvalue weighted by Crippen LogP contribution is 2.30. The molecule has 0 heterocycles. The number of anilines is 1. The maximum Gasteiger partial charge on any atom is 0.293 e. The molecule has 0 aliphatic carbocycles. The molecule has 0 spiro atoms. The molecule has 0 saturated carbocycles. The van der Waals surface area contributed by atoms with Gasteiger partial charge in [0, 0.05) is 16.7 Å². The predicted octanol–water partition coefficient (Wildman–Crippen LogP) is 3.79. The molecule has 110 valence electrons. The minimum atomic E-state index is -0.448. The number of nitro benzene ring substituents is 1. The summed E-state index contributed by atoms with van der Waals surface area (Å²) in [6, 6.07) is 11.3. The Morgan fingerprint density at radius 1 is 1.24 bits per heavy atom. The number of nitrogens with one attached hydrogen (secondary N) is 1. The molecule has 0 fully saturated rings. The van der Waals surface area contributed by atoms with Crippen LogP contribution in [0.4, 0.5) is 11.4 Å². The lowest BCUT2D eigenvalue weighted by Gasteiger charge is -2.08. The Balaban J connectivity index is 2.15. The van der Waals surface area contributed by atoms with E-state index in [0.717, 1.165) is 11.3 Å². The third-order valence-corrected chi connectivity index (χ3v) is 4.38. The molecule has 0 aliphatic heterocycles. The van der Waals surface area contributed by atoms with Crippen molar-refractivity contribution in [3.05, 3.63) is 63.2 Å². The zero-order valence-corrected chi connectivity index (χ0v) is 12.7. The van der Waals surface area contributed by atoms with E-state index in [1.807, 2.05) is 0 Å². The zero-order valence-electron chi connectivity index (χ0n) is 11.9. The van der Waals surface area contributed by atoms with Crippen LogP contribution in [0.3, 0.4) is 0 Å². The van der Waals surface area contributed by atoms with E-state index in [4.69, 9.17) is 5.84 Å². The highest BCUT2D eigenvalue weighted by atomic mass is 32.2. The van der Waals surface area contributed by atoms with Gasteiger partial charge in [-0.1, -0.05) is 23.8 Å². The summed E-state index contributed by atoms with van der Waals surface area (Å²) in [5, 5.41) is 10.9. The van der Waals surface area contributed by atoms with Crippen LogP contribution in [0.5, 0.6) is 0 Å². The molecular weight excluding hydrogens is 286 g/mol. The van der Waals surface area contributed by atoms with Gasteiger partial charge in [-0.3, -0.25) is 16.0 Å². The van der Waals surface area contributed by atoms with Crippen LogP contribution in [0.1, 0.15) is 16.7 Å². The molecule has 2 aromatic rings. The van der Waals surface area contributed by atoms with E-state index in [1.54, 1.807) is 23.9 Å². The van der Waals surface area contributed by atoms with Crippen molar-refractivity contribution >= 4 is 23.1 Å². The minimum Gasteiger partial charge on any atom is -0.318 e. The van der Waals surface area contributed by atoms with Crippen LogP contribution < -0.4 is 11.3 Å².